The molecule has 35 heavy (non-hydrogen) atoms. The van der Waals surface area contributed by atoms with E-state index in [1.54, 1.807) is 24.3 Å². The predicted molar refractivity (Wildman–Crippen MR) is 135 cm³/mol. The summed E-state index contributed by atoms with van der Waals surface area (Å²) in [6, 6.07) is 14.4. The Bertz CT molecular complexity index is 1280. The van der Waals surface area contributed by atoms with Crippen LogP contribution in [0.5, 0.6) is 5.75 Å². The standard InChI is InChI=1S/C25H25Cl2FN2O4S/c1-2-3-12-29-25(32)19-8-4-17(5-9-19)15-30(16-18-6-10-21(28)11-7-18)35(33,34)23-14-20(26)13-22(27)24(23)31/h4-11,13-14,31H,2-3,12,15-16H2,1H3,(H,29,32). The number of nitrogens with zero attached hydrogens (tertiary/aromatic N) is 1. The van der Waals surface area contributed by atoms with Crippen molar-refractivity contribution in [2.75, 3.05) is 6.54 Å². The summed E-state index contributed by atoms with van der Waals surface area (Å²) in [6.45, 7) is 2.42. The van der Waals surface area contributed by atoms with E-state index in [0.29, 0.717) is 23.2 Å². The Morgan fingerprint density at radius 2 is 1.57 bits per heavy atom. The van der Waals surface area contributed by atoms with Gasteiger partial charge in [-0.3, -0.25) is 4.79 Å². The van der Waals surface area contributed by atoms with E-state index in [-0.39, 0.29) is 29.0 Å². The molecule has 0 saturated carbocycles. The number of phenolic OH excluding ortho intramolecular Hbond substituents is 1. The molecule has 6 nitrogen and oxygen atoms in total. The lowest BCUT2D eigenvalue weighted by atomic mass is 10.1. The van der Waals surface area contributed by atoms with Gasteiger partial charge in [0.2, 0.25) is 10.0 Å². The molecule has 0 unspecified atom stereocenters. The second kappa shape index (κ2) is 11.9. The number of benzene rings is 3. The van der Waals surface area contributed by atoms with E-state index in [9.17, 15) is 22.7 Å². The Kier molecular flexibility index (Phi) is 9.13. The van der Waals surface area contributed by atoms with Crippen molar-refractivity contribution in [3.63, 3.8) is 0 Å². The molecule has 0 aliphatic carbocycles. The van der Waals surface area contributed by atoms with Crippen molar-refractivity contribution in [1.29, 1.82) is 0 Å². The highest BCUT2D eigenvalue weighted by molar-refractivity contribution is 7.89. The molecule has 3 aromatic rings. The summed E-state index contributed by atoms with van der Waals surface area (Å²) in [5.41, 5.74) is 1.60. The molecule has 0 bridgehead atoms. The van der Waals surface area contributed by atoms with Gasteiger partial charge in [-0.15, -0.1) is 0 Å². The summed E-state index contributed by atoms with van der Waals surface area (Å²) in [6.07, 6.45) is 1.84. The number of halogens is 3. The normalized spacial score (nSPS) is 11.6. The van der Waals surface area contributed by atoms with E-state index < -0.39 is 26.5 Å². The highest BCUT2D eigenvalue weighted by atomic mass is 35.5. The number of amides is 1. The topological polar surface area (TPSA) is 86.7 Å². The Balaban J connectivity index is 1.92. The third kappa shape index (κ3) is 6.95. The lowest BCUT2D eigenvalue weighted by Gasteiger charge is -2.23. The zero-order valence-corrected chi connectivity index (χ0v) is 21.3. The van der Waals surface area contributed by atoms with Gasteiger partial charge in [0, 0.05) is 30.2 Å². The van der Waals surface area contributed by atoms with Gasteiger partial charge in [-0.1, -0.05) is 60.8 Å². The smallest absolute Gasteiger partial charge is 0.251 e. The number of hydrogen-bond acceptors (Lipinski definition) is 4. The molecular weight excluding hydrogens is 514 g/mol. The first-order valence-electron chi connectivity index (χ1n) is 10.9. The Labute approximate surface area is 214 Å². The maximum atomic E-state index is 13.6. The maximum absolute atomic E-state index is 13.6. The molecule has 0 aromatic heterocycles. The first-order valence-corrected chi connectivity index (χ1v) is 13.1. The van der Waals surface area contributed by atoms with Crippen LogP contribution in [0, 0.1) is 5.82 Å². The fourth-order valence-corrected chi connectivity index (χ4v) is 5.50. The van der Waals surface area contributed by atoms with Crippen LogP contribution in [0.4, 0.5) is 4.39 Å². The van der Waals surface area contributed by atoms with Crippen LogP contribution in [-0.4, -0.2) is 30.3 Å². The number of nitrogens with one attached hydrogen (secondary N) is 1. The van der Waals surface area contributed by atoms with E-state index in [1.807, 2.05) is 6.92 Å². The average molecular weight is 539 g/mol. The van der Waals surface area contributed by atoms with Crippen LogP contribution in [0.2, 0.25) is 10.0 Å². The van der Waals surface area contributed by atoms with Gasteiger partial charge in [0.25, 0.3) is 5.91 Å². The van der Waals surface area contributed by atoms with Crippen LogP contribution in [0.3, 0.4) is 0 Å². The van der Waals surface area contributed by atoms with Gasteiger partial charge in [-0.05, 0) is 53.9 Å². The molecule has 0 aliphatic heterocycles. The van der Waals surface area contributed by atoms with Gasteiger partial charge in [0.05, 0.1) is 5.02 Å². The zero-order valence-electron chi connectivity index (χ0n) is 19.0. The SMILES string of the molecule is CCCCNC(=O)c1ccc(CN(Cc2ccc(F)cc2)S(=O)(=O)c2cc(Cl)cc(Cl)c2O)cc1. The molecule has 0 spiro atoms. The van der Waals surface area contributed by atoms with Gasteiger partial charge in [-0.2, -0.15) is 4.31 Å². The Morgan fingerprint density at radius 1 is 1.00 bits per heavy atom. The third-order valence-corrected chi connectivity index (χ3v) is 7.59. The molecule has 0 atom stereocenters. The molecule has 2 N–H and O–H groups in total. The van der Waals surface area contributed by atoms with Crippen molar-refractivity contribution in [3.05, 3.63) is 93.2 Å². The summed E-state index contributed by atoms with van der Waals surface area (Å²) >= 11 is 12.0. The largest absolute Gasteiger partial charge is 0.505 e. The van der Waals surface area contributed by atoms with E-state index in [0.717, 1.165) is 23.2 Å². The predicted octanol–water partition coefficient (Wildman–Crippen LogP) is 5.76. The monoisotopic (exact) mass is 538 g/mol. The highest BCUT2D eigenvalue weighted by Gasteiger charge is 2.29. The van der Waals surface area contributed by atoms with E-state index in [1.165, 1.54) is 30.3 Å². The van der Waals surface area contributed by atoms with Gasteiger partial charge in [0.1, 0.15) is 10.7 Å². The van der Waals surface area contributed by atoms with Crippen LogP contribution < -0.4 is 5.32 Å². The number of phenols is 1. The second-order valence-electron chi connectivity index (χ2n) is 7.94. The average Bonchev–Trinajstić information content (AvgIpc) is 2.82. The number of rotatable bonds is 10. The van der Waals surface area contributed by atoms with Crippen molar-refractivity contribution < 1.29 is 22.7 Å². The summed E-state index contributed by atoms with van der Waals surface area (Å²) in [7, 11) is -4.28. The molecule has 0 radical (unpaired) electrons. The number of aromatic hydroxyl groups is 1. The number of unbranched alkanes of at least 4 members (excludes halogenated alkanes) is 1. The number of carbonyl (C=O) groups excluding carboxylic acids is 1. The van der Waals surface area contributed by atoms with Crippen LogP contribution in [-0.2, 0) is 23.1 Å². The summed E-state index contributed by atoms with van der Waals surface area (Å²) in [4.78, 5) is 11.8. The minimum absolute atomic E-state index is 0.0477. The lowest BCUT2D eigenvalue weighted by Crippen LogP contribution is -2.30. The fraction of sp³-hybridized carbons (Fsp3) is 0.240. The first-order chi connectivity index (χ1) is 16.6. The van der Waals surface area contributed by atoms with E-state index in [4.69, 9.17) is 23.2 Å². The van der Waals surface area contributed by atoms with Crippen molar-refractivity contribution in [2.45, 2.75) is 37.8 Å². The molecule has 10 heteroatoms. The Morgan fingerprint density at radius 3 is 2.14 bits per heavy atom. The number of sulfonamides is 1. The fourth-order valence-electron chi connectivity index (χ4n) is 3.34. The van der Waals surface area contributed by atoms with Crippen molar-refractivity contribution in [3.8, 4) is 5.75 Å². The molecule has 3 rings (SSSR count). The molecular formula is C25H25Cl2FN2O4S. The van der Waals surface area contributed by atoms with Crippen LogP contribution in [0.15, 0.2) is 65.6 Å². The number of carbonyl (C=O) groups is 1. The molecule has 0 aliphatic rings. The Hall–Kier alpha value is -2.65. The van der Waals surface area contributed by atoms with Gasteiger partial charge in [0.15, 0.2) is 5.75 Å². The van der Waals surface area contributed by atoms with Crippen LogP contribution in [0.1, 0.15) is 41.3 Å². The molecule has 0 heterocycles. The third-order valence-electron chi connectivity index (χ3n) is 5.27. The summed E-state index contributed by atoms with van der Waals surface area (Å²) in [5.74, 6) is -1.27. The van der Waals surface area contributed by atoms with Crippen LogP contribution >= 0.6 is 23.2 Å². The highest BCUT2D eigenvalue weighted by Crippen LogP contribution is 2.36. The van der Waals surface area contributed by atoms with Crippen molar-refractivity contribution in [2.24, 2.45) is 0 Å². The molecule has 3 aromatic carbocycles. The van der Waals surface area contributed by atoms with E-state index >= 15 is 0 Å². The molecule has 186 valence electrons. The van der Waals surface area contributed by atoms with Gasteiger partial charge >= 0.3 is 0 Å². The summed E-state index contributed by atoms with van der Waals surface area (Å²) in [5, 5.41) is 13.1. The maximum Gasteiger partial charge on any atom is 0.251 e. The number of hydrogen-bond donors (Lipinski definition) is 2. The molecule has 0 fully saturated rings. The van der Waals surface area contributed by atoms with E-state index in [2.05, 4.69) is 5.32 Å². The van der Waals surface area contributed by atoms with Gasteiger partial charge < -0.3 is 10.4 Å². The first kappa shape index (κ1) is 26.9. The minimum Gasteiger partial charge on any atom is -0.505 e. The van der Waals surface area contributed by atoms with Crippen molar-refractivity contribution in [1.82, 2.24) is 9.62 Å². The minimum atomic E-state index is -4.28. The lowest BCUT2D eigenvalue weighted by molar-refractivity contribution is 0.0953. The van der Waals surface area contributed by atoms with Gasteiger partial charge in [-0.25, -0.2) is 12.8 Å². The summed E-state index contributed by atoms with van der Waals surface area (Å²) < 4.78 is 41.6. The van der Waals surface area contributed by atoms with Crippen molar-refractivity contribution >= 4 is 39.1 Å². The molecule has 1 amide bonds. The molecule has 0 saturated heterocycles. The zero-order chi connectivity index (χ0) is 25.6. The van der Waals surface area contributed by atoms with Crippen LogP contribution in [0.25, 0.3) is 0 Å². The quantitative estimate of drug-likeness (QED) is 0.321. The second-order valence-corrected chi connectivity index (χ2v) is 10.7.